The maximum Gasteiger partial charge on any atom is 0.258 e. The van der Waals surface area contributed by atoms with Crippen molar-refractivity contribution in [3.8, 4) is 0 Å². The quantitative estimate of drug-likeness (QED) is 0.904. The Morgan fingerprint density at radius 1 is 1.35 bits per heavy atom. The first kappa shape index (κ1) is 16.1. The molecule has 0 atom stereocenters. The monoisotopic (exact) mass is 349 g/mol. The third-order valence-electron chi connectivity index (χ3n) is 3.66. The average Bonchev–Trinajstić information content (AvgIpc) is 3.13. The van der Waals surface area contributed by atoms with E-state index in [9.17, 15) is 9.59 Å². The first-order chi connectivity index (χ1) is 10.8. The van der Waals surface area contributed by atoms with Crippen LogP contribution in [0.5, 0.6) is 0 Å². The lowest BCUT2D eigenvalue weighted by atomic mass is 9.94. The van der Waals surface area contributed by atoms with E-state index in [2.05, 4.69) is 10.3 Å². The smallest absolute Gasteiger partial charge is 0.258 e. The van der Waals surface area contributed by atoms with Crippen LogP contribution in [0, 0.1) is 5.41 Å². The second-order valence-electron chi connectivity index (χ2n) is 6.58. The zero-order chi connectivity index (χ0) is 16.6. The molecule has 0 fully saturated rings. The predicted molar refractivity (Wildman–Crippen MR) is 93.0 cm³/mol. The molecule has 7 heteroatoms. The van der Waals surface area contributed by atoms with E-state index in [4.69, 9.17) is 0 Å². The molecule has 3 heterocycles. The molecule has 2 aromatic heterocycles. The molecule has 2 amide bonds. The number of nitrogens with one attached hydrogen (secondary N) is 1. The van der Waals surface area contributed by atoms with E-state index in [-0.39, 0.29) is 17.2 Å². The average molecular weight is 349 g/mol. The van der Waals surface area contributed by atoms with Crippen LogP contribution >= 0.6 is 22.7 Å². The lowest BCUT2D eigenvalue weighted by molar-refractivity contribution is -0.140. The number of hydrogen-bond acceptors (Lipinski definition) is 5. The first-order valence-electron chi connectivity index (χ1n) is 7.46. The maximum atomic E-state index is 12.4. The van der Waals surface area contributed by atoms with Crippen molar-refractivity contribution in [2.45, 2.75) is 33.7 Å². The molecule has 5 nitrogen and oxygen atoms in total. The Bertz CT molecular complexity index is 729. The van der Waals surface area contributed by atoms with Gasteiger partial charge in [-0.15, -0.1) is 0 Å². The van der Waals surface area contributed by atoms with Crippen LogP contribution in [0.25, 0.3) is 0 Å². The Labute approximate surface area is 143 Å². The number of aromatic nitrogens is 1. The second-order valence-corrected chi connectivity index (χ2v) is 8.45. The Morgan fingerprint density at radius 3 is 2.78 bits per heavy atom. The van der Waals surface area contributed by atoms with Crippen LogP contribution in [-0.4, -0.2) is 28.2 Å². The standard InChI is InChI=1S/C16H19N3O2S2/c1-16(2,3)14(21)19-6-4-11-12(8-19)23-15(17-11)18-13(20)10-5-7-22-9-10/h5,7,9H,4,6,8H2,1-3H3,(H,17,18,20). The lowest BCUT2D eigenvalue weighted by Crippen LogP contribution is -2.42. The fourth-order valence-electron chi connectivity index (χ4n) is 2.46. The zero-order valence-corrected chi connectivity index (χ0v) is 15.0. The number of anilines is 1. The molecule has 0 aliphatic carbocycles. The minimum absolute atomic E-state index is 0.139. The number of rotatable bonds is 2. The van der Waals surface area contributed by atoms with E-state index in [0.29, 0.717) is 23.8 Å². The molecule has 3 rings (SSSR count). The van der Waals surface area contributed by atoms with Crippen LogP contribution in [0.2, 0.25) is 0 Å². The summed E-state index contributed by atoms with van der Waals surface area (Å²) in [6.07, 6.45) is 0.738. The SMILES string of the molecule is CC(C)(C)C(=O)N1CCc2nc(NC(=O)c3ccsc3)sc2C1. The second kappa shape index (κ2) is 6.05. The topological polar surface area (TPSA) is 62.3 Å². The molecule has 0 radical (unpaired) electrons. The summed E-state index contributed by atoms with van der Waals surface area (Å²) in [5, 5.41) is 7.14. The van der Waals surface area contributed by atoms with E-state index in [1.54, 1.807) is 6.07 Å². The third-order valence-corrected chi connectivity index (χ3v) is 5.34. The van der Waals surface area contributed by atoms with Gasteiger partial charge >= 0.3 is 0 Å². The van der Waals surface area contributed by atoms with E-state index < -0.39 is 0 Å². The maximum absolute atomic E-state index is 12.4. The zero-order valence-electron chi connectivity index (χ0n) is 13.4. The van der Waals surface area contributed by atoms with Crippen LogP contribution in [0.15, 0.2) is 16.8 Å². The molecule has 1 aliphatic heterocycles. The van der Waals surface area contributed by atoms with Crippen molar-refractivity contribution in [3.63, 3.8) is 0 Å². The van der Waals surface area contributed by atoms with Crippen molar-refractivity contribution in [3.05, 3.63) is 33.0 Å². The molecule has 1 aliphatic rings. The number of nitrogens with zero attached hydrogens (tertiary/aromatic N) is 2. The number of fused-ring (bicyclic) bond motifs is 1. The summed E-state index contributed by atoms with van der Waals surface area (Å²) in [4.78, 5) is 32.0. The molecular weight excluding hydrogens is 330 g/mol. The highest BCUT2D eigenvalue weighted by Gasteiger charge is 2.31. The normalized spacial score (nSPS) is 14.5. The number of thiophene rings is 1. The number of carbonyl (C=O) groups excluding carboxylic acids is 2. The van der Waals surface area contributed by atoms with Gasteiger partial charge < -0.3 is 4.90 Å². The van der Waals surface area contributed by atoms with Gasteiger partial charge in [-0.2, -0.15) is 11.3 Å². The highest BCUT2D eigenvalue weighted by molar-refractivity contribution is 7.16. The van der Waals surface area contributed by atoms with E-state index >= 15 is 0 Å². The van der Waals surface area contributed by atoms with Gasteiger partial charge in [-0.05, 0) is 11.4 Å². The summed E-state index contributed by atoms with van der Waals surface area (Å²) < 4.78 is 0. The Morgan fingerprint density at radius 2 is 2.13 bits per heavy atom. The molecule has 0 unspecified atom stereocenters. The van der Waals surface area contributed by atoms with Crippen molar-refractivity contribution >= 4 is 39.6 Å². The molecule has 0 spiro atoms. The van der Waals surface area contributed by atoms with Crippen molar-refractivity contribution < 1.29 is 9.59 Å². The van der Waals surface area contributed by atoms with Gasteiger partial charge in [-0.1, -0.05) is 32.1 Å². The third kappa shape index (κ3) is 3.45. The van der Waals surface area contributed by atoms with Gasteiger partial charge in [0.2, 0.25) is 5.91 Å². The molecule has 0 aromatic carbocycles. The van der Waals surface area contributed by atoms with Crippen molar-refractivity contribution in [2.24, 2.45) is 5.41 Å². The Kier molecular flexibility index (Phi) is 4.25. The predicted octanol–water partition coefficient (Wildman–Crippen LogP) is 3.39. The molecule has 0 bridgehead atoms. The summed E-state index contributed by atoms with van der Waals surface area (Å²) in [5.74, 6) is 0.0142. The molecule has 0 saturated carbocycles. The highest BCUT2D eigenvalue weighted by atomic mass is 32.1. The number of hydrogen-bond donors (Lipinski definition) is 1. The molecular formula is C16H19N3O2S2. The lowest BCUT2D eigenvalue weighted by Gasteiger charge is -2.31. The van der Waals surface area contributed by atoms with Gasteiger partial charge in [0, 0.05) is 28.6 Å². The van der Waals surface area contributed by atoms with E-state index in [1.165, 1.54) is 22.7 Å². The van der Waals surface area contributed by atoms with Crippen LogP contribution in [-0.2, 0) is 17.8 Å². The Balaban J connectivity index is 1.72. The number of thiazole rings is 1. The summed E-state index contributed by atoms with van der Waals surface area (Å²) in [5.41, 5.74) is 1.26. The molecule has 1 N–H and O–H groups in total. The largest absolute Gasteiger partial charge is 0.337 e. The van der Waals surface area contributed by atoms with E-state index in [0.717, 1.165) is 17.0 Å². The minimum Gasteiger partial charge on any atom is -0.337 e. The van der Waals surface area contributed by atoms with Gasteiger partial charge in [0.25, 0.3) is 5.91 Å². The van der Waals surface area contributed by atoms with Gasteiger partial charge in [0.05, 0.1) is 17.8 Å². The van der Waals surface area contributed by atoms with Crippen LogP contribution < -0.4 is 5.32 Å². The number of amides is 2. The van der Waals surface area contributed by atoms with Crippen LogP contribution in [0.3, 0.4) is 0 Å². The molecule has 122 valence electrons. The van der Waals surface area contributed by atoms with Gasteiger partial charge in [-0.25, -0.2) is 4.98 Å². The summed E-state index contributed by atoms with van der Waals surface area (Å²) >= 11 is 2.95. The van der Waals surface area contributed by atoms with Crippen LogP contribution in [0.4, 0.5) is 5.13 Å². The van der Waals surface area contributed by atoms with E-state index in [1.807, 2.05) is 36.4 Å². The van der Waals surface area contributed by atoms with Gasteiger partial charge in [0.15, 0.2) is 5.13 Å². The van der Waals surface area contributed by atoms with Crippen LogP contribution in [0.1, 0.15) is 41.7 Å². The fourth-order valence-corrected chi connectivity index (χ4v) is 4.11. The van der Waals surface area contributed by atoms with Crippen molar-refractivity contribution in [1.29, 1.82) is 0 Å². The highest BCUT2D eigenvalue weighted by Crippen LogP contribution is 2.30. The minimum atomic E-state index is -0.377. The first-order valence-corrected chi connectivity index (χ1v) is 9.22. The molecule has 0 saturated heterocycles. The molecule has 23 heavy (non-hydrogen) atoms. The van der Waals surface area contributed by atoms with Gasteiger partial charge in [-0.3, -0.25) is 14.9 Å². The Hall–Kier alpha value is -1.73. The molecule has 2 aromatic rings. The fraction of sp³-hybridized carbons (Fsp3) is 0.438. The van der Waals surface area contributed by atoms with Crippen molar-refractivity contribution in [1.82, 2.24) is 9.88 Å². The summed E-state index contributed by atoms with van der Waals surface area (Å²) in [7, 11) is 0. The number of carbonyl (C=O) groups is 2. The van der Waals surface area contributed by atoms with Gasteiger partial charge in [0.1, 0.15) is 0 Å². The summed E-state index contributed by atoms with van der Waals surface area (Å²) in [6.45, 7) is 7.07. The van der Waals surface area contributed by atoms with Crippen molar-refractivity contribution in [2.75, 3.05) is 11.9 Å². The summed E-state index contributed by atoms with van der Waals surface area (Å²) in [6, 6.07) is 1.79.